The molecule has 0 spiro atoms. The fraction of sp³-hybridized carbons (Fsp3) is 0.333. The minimum absolute atomic E-state index is 0.433. The lowest BCUT2D eigenvalue weighted by molar-refractivity contribution is 0.816. The van der Waals surface area contributed by atoms with Gasteiger partial charge in [0, 0.05) is 17.5 Å². The van der Waals surface area contributed by atoms with E-state index in [0.29, 0.717) is 5.92 Å². The van der Waals surface area contributed by atoms with Crippen molar-refractivity contribution < 1.29 is 0 Å². The maximum absolute atomic E-state index is 4.61. The molecule has 0 saturated carbocycles. The van der Waals surface area contributed by atoms with E-state index < -0.39 is 0 Å². The van der Waals surface area contributed by atoms with Gasteiger partial charge in [-0.3, -0.25) is 0 Å². The van der Waals surface area contributed by atoms with Crippen molar-refractivity contribution in [1.82, 2.24) is 9.97 Å². The molecule has 0 unspecified atom stereocenters. The predicted octanol–water partition coefficient (Wildman–Crippen LogP) is 3.88. The number of hydrogen-bond acceptors (Lipinski definition) is 2. The van der Waals surface area contributed by atoms with E-state index in [1.807, 2.05) is 12.3 Å². The molecule has 0 atom stereocenters. The second-order valence-corrected chi connectivity index (χ2v) is 4.84. The number of hydrogen-bond donors (Lipinski definition) is 0. The molecular weight excluding hydrogens is 208 g/mol. The first-order valence-electron chi connectivity index (χ1n) is 5.98. The van der Waals surface area contributed by atoms with E-state index in [1.165, 1.54) is 11.1 Å². The Hall–Kier alpha value is -1.70. The molecule has 88 valence electrons. The summed E-state index contributed by atoms with van der Waals surface area (Å²) in [6.07, 6.45) is 1.84. The summed E-state index contributed by atoms with van der Waals surface area (Å²) in [7, 11) is 0. The van der Waals surface area contributed by atoms with Crippen LogP contribution in [0.25, 0.3) is 11.4 Å². The molecular formula is C15H18N2. The molecule has 2 nitrogen and oxygen atoms in total. The summed E-state index contributed by atoms with van der Waals surface area (Å²) < 4.78 is 0. The van der Waals surface area contributed by atoms with Crippen LogP contribution in [0, 0.1) is 13.8 Å². The van der Waals surface area contributed by atoms with E-state index >= 15 is 0 Å². The Balaban J connectivity index is 2.49. The third kappa shape index (κ3) is 2.70. The highest BCUT2D eigenvalue weighted by Crippen LogP contribution is 2.20. The Morgan fingerprint density at radius 2 is 1.65 bits per heavy atom. The van der Waals surface area contributed by atoms with Crippen molar-refractivity contribution in [3.05, 3.63) is 47.3 Å². The fourth-order valence-corrected chi connectivity index (χ4v) is 1.94. The molecule has 0 radical (unpaired) electrons. The molecule has 0 aliphatic heterocycles. The van der Waals surface area contributed by atoms with Crippen LogP contribution >= 0.6 is 0 Å². The van der Waals surface area contributed by atoms with Gasteiger partial charge < -0.3 is 0 Å². The second kappa shape index (κ2) is 4.66. The van der Waals surface area contributed by atoms with Crippen LogP contribution in [-0.4, -0.2) is 9.97 Å². The minimum Gasteiger partial charge on any atom is -0.237 e. The molecule has 2 aromatic rings. The van der Waals surface area contributed by atoms with Crippen molar-refractivity contribution in [2.75, 3.05) is 0 Å². The molecule has 0 bridgehead atoms. The van der Waals surface area contributed by atoms with Crippen LogP contribution < -0.4 is 0 Å². The van der Waals surface area contributed by atoms with E-state index in [0.717, 1.165) is 17.1 Å². The number of aromatic nitrogens is 2. The molecule has 1 aromatic heterocycles. The van der Waals surface area contributed by atoms with Gasteiger partial charge in [0.1, 0.15) is 0 Å². The van der Waals surface area contributed by atoms with Crippen LogP contribution in [0.3, 0.4) is 0 Å². The van der Waals surface area contributed by atoms with Crippen LogP contribution in [0.5, 0.6) is 0 Å². The first-order valence-corrected chi connectivity index (χ1v) is 5.98. The topological polar surface area (TPSA) is 25.8 Å². The van der Waals surface area contributed by atoms with Crippen molar-refractivity contribution in [3.63, 3.8) is 0 Å². The summed E-state index contributed by atoms with van der Waals surface area (Å²) in [6, 6.07) is 8.41. The van der Waals surface area contributed by atoms with Gasteiger partial charge in [0.2, 0.25) is 0 Å². The zero-order chi connectivity index (χ0) is 12.4. The standard InChI is InChI=1S/C15H18N2/c1-10(2)14-5-6-16-15(17-14)13-8-11(3)7-12(4)9-13/h5-10H,1-4H3. The lowest BCUT2D eigenvalue weighted by Crippen LogP contribution is -1.97. The molecule has 2 heteroatoms. The maximum Gasteiger partial charge on any atom is 0.159 e. The zero-order valence-electron chi connectivity index (χ0n) is 10.9. The van der Waals surface area contributed by atoms with E-state index in [2.05, 4.69) is 55.9 Å². The zero-order valence-corrected chi connectivity index (χ0v) is 10.9. The van der Waals surface area contributed by atoms with E-state index in [9.17, 15) is 0 Å². The second-order valence-electron chi connectivity index (χ2n) is 4.84. The molecule has 0 fully saturated rings. The quantitative estimate of drug-likeness (QED) is 0.776. The normalized spacial score (nSPS) is 10.9. The third-order valence-corrected chi connectivity index (χ3v) is 2.75. The van der Waals surface area contributed by atoms with Crippen molar-refractivity contribution in [2.45, 2.75) is 33.6 Å². The van der Waals surface area contributed by atoms with Gasteiger partial charge in [-0.05, 0) is 38.0 Å². The summed E-state index contributed by atoms with van der Waals surface area (Å²) in [5, 5.41) is 0. The number of aryl methyl sites for hydroxylation is 2. The van der Waals surface area contributed by atoms with Crippen LogP contribution in [-0.2, 0) is 0 Å². The summed E-state index contributed by atoms with van der Waals surface area (Å²) in [4.78, 5) is 8.98. The van der Waals surface area contributed by atoms with Crippen molar-refractivity contribution in [1.29, 1.82) is 0 Å². The molecule has 0 N–H and O–H groups in total. The summed E-state index contributed by atoms with van der Waals surface area (Å²) >= 11 is 0. The number of benzene rings is 1. The van der Waals surface area contributed by atoms with Gasteiger partial charge in [-0.15, -0.1) is 0 Å². The van der Waals surface area contributed by atoms with Gasteiger partial charge in [-0.1, -0.05) is 31.0 Å². The van der Waals surface area contributed by atoms with Gasteiger partial charge in [-0.2, -0.15) is 0 Å². The molecule has 2 rings (SSSR count). The highest BCUT2D eigenvalue weighted by atomic mass is 14.9. The Bertz CT molecular complexity index is 510. The SMILES string of the molecule is Cc1cc(C)cc(-c2nccc(C(C)C)n2)c1. The van der Waals surface area contributed by atoms with Crippen molar-refractivity contribution >= 4 is 0 Å². The minimum atomic E-state index is 0.433. The maximum atomic E-state index is 4.61. The molecule has 0 amide bonds. The summed E-state index contributed by atoms with van der Waals surface area (Å²) in [5.41, 5.74) is 4.69. The van der Waals surface area contributed by atoms with Crippen LogP contribution in [0.2, 0.25) is 0 Å². The highest BCUT2D eigenvalue weighted by Gasteiger charge is 2.06. The van der Waals surface area contributed by atoms with Crippen LogP contribution in [0.4, 0.5) is 0 Å². The lowest BCUT2D eigenvalue weighted by atomic mass is 10.1. The van der Waals surface area contributed by atoms with Crippen molar-refractivity contribution in [2.24, 2.45) is 0 Å². The van der Waals surface area contributed by atoms with Crippen molar-refractivity contribution in [3.8, 4) is 11.4 Å². The van der Waals surface area contributed by atoms with Gasteiger partial charge in [0.15, 0.2) is 5.82 Å². The molecule has 17 heavy (non-hydrogen) atoms. The Labute approximate surface area is 103 Å². The average molecular weight is 226 g/mol. The Morgan fingerprint density at radius 3 is 2.24 bits per heavy atom. The largest absolute Gasteiger partial charge is 0.237 e. The molecule has 1 heterocycles. The molecule has 1 aromatic carbocycles. The number of nitrogens with zero attached hydrogens (tertiary/aromatic N) is 2. The van der Waals surface area contributed by atoms with Gasteiger partial charge >= 0.3 is 0 Å². The summed E-state index contributed by atoms with van der Waals surface area (Å²) in [5.74, 6) is 1.26. The summed E-state index contributed by atoms with van der Waals surface area (Å²) in [6.45, 7) is 8.49. The monoisotopic (exact) mass is 226 g/mol. The lowest BCUT2D eigenvalue weighted by Gasteiger charge is -2.07. The van der Waals surface area contributed by atoms with E-state index in [4.69, 9.17) is 0 Å². The molecule has 0 saturated heterocycles. The average Bonchev–Trinajstić information content (AvgIpc) is 2.28. The van der Waals surface area contributed by atoms with E-state index in [-0.39, 0.29) is 0 Å². The Kier molecular flexibility index (Phi) is 3.23. The smallest absolute Gasteiger partial charge is 0.159 e. The van der Waals surface area contributed by atoms with Gasteiger partial charge in [0.25, 0.3) is 0 Å². The van der Waals surface area contributed by atoms with Gasteiger partial charge in [0.05, 0.1) is 0 Å². The highest BCUT2D eigenvalue weighted by molar-refractivity contribution is 5.57. The first kappa shape index (κ1) is 11.8. The third-order valence-electron chi connectivity index (χ3n) is 2.75. The fourth-order valence-electron chi connectivity index (χ4n) is 1.94. The Morgan fingerprint density at radius 1 is 1.00 bits per heavy atom. The first-order chi connectivity index (χ1) is 8.06. The van der Waals surface area contributed by atoms with Crippen LogP contribution in [0.15, 0.2) is 30.5 Å². The predicted molar refractivity (Wildman–Crippen MR) is 71.0 cm³/mol. The molecule has 0 aliphatic carbocycles. The van der Waals surface area contributed by atoms with E-state index in [1.54, 1.807) is 0 Å². The molecule has 0 aliphatic rings. The van der Waals surface area contributed by atoms with Crippen LogP contribution in [0.1, 0.15) is 36.6 Å². The van der Waals surface area contributed by atoms with Gasteiger partial charge in [-0.25, -0.2) is 9.97 Å². The number of rotatable bonds is 2.